The average molecular weight is 786 g/mol. The predicted molar refractivity (Wildman–Crippen MR) is 258 cm³/mol. The van der Waals surface area contributed by atoms with Crippen molar-refractivity contribution in [2.45, 2.75) is 38.5 Å². The second-order valence-electron chi connectivity index (χ2n) is 17.6. The Morgan fingerprint density at radius 2 is 0.917 bits per heavy atom. The summed E-state index contributed by atoms with van der Waals surface area (Å²) in [5.74, 6) is 0. The number of benzene rings is 9. The summed E-state index contributed by atoms with van der Waals surface area (Å²) in [6.45, 7) is 9.53. The van der Waals surface area contributed by atoms with E-state index in [1.807, 2.05) is 11.3 Å². The smallest absolute Gasteiger partial charge is 0.0540 e. The van der Waals surface area contributed by atoms with E-state index >= 15 is 0 Å². The number of fused-ring (bicyclic) bond motifs is 11. The number of hydrogen-bond acceptors (Lipinski definition) is 2. The van der Waals surface area contributed by atoms with Gasteiger partial charge in [0, 0.05) is 47.9 Å². The minimum Gasteiger partial charge on any atom is -0.310 e. The monoisotopic (exact) mass is 785 g/mol. The molecule has 0 saturated heterocycles. The molecule has 0 spiro atoms. The molecule has 9 aromatic carbocycles. The molecule has 0 aliphatic heterocycles. The highest BCUT2D eigenvalue weighted by atomic mass is 32.1. The maximum atomic E-state index is 2.50. The van der Waals surface area contributed by atoms with Crippen LogP contribution in [0.4, 0.5) is 17.1 Å². The van der Waals surface area contributed by atoms with Gasteiger partial charge in [0.25, 0.3) is 0 Å². The lowest BCUT2D eigenvalue weighted by Crippen LogP contribution is -2.18. The van der Waals surface area contributed by atoms with E-state index in [0.717, 1.165) is 17.1 Å². The summed E-state index contributed by atoms with van der Waals surface area (Å²) in [6.07, 6.45) is 0. The zero-order valence-corrected chi connectivity index (χ0v) is 35.1. The summed E-state index contributed by atoms with van der Waals surface area (Å²) < 4.78 is 2.69. The summed E-state index contributed by atoms with van der Waals surface area (Å²) in [5.41, 5.74) is 19.0. The first-order chi connectivity index (χ1) is 29.3. The van der Waals surface area contributed by atoms with Crippen LogP contribution in [-0.4, -0.2) is 0 Å². The first-order valence-electron chi connectivity index (χ1n) is 21.1. The van der Waals surface area contributed by atoms with Crippen LogP contribution in [0.15, 0.2) is 188 Å². The van der Waals surface area contributed by atoms with E-state index in [1.165, 1.54) is 97.7 Å². The molecular formula is C58H43NS. The normalized spacial score (nSPS) is 14.3. The molecule has 60 heavy (non-hydrogen) atoms. The first-order valence-corrected chi connectivity index (χ1v) is 21.9. The van der Waals surface area contributed by atoms with E-state index in [-0.39, 0.29) is 10.8 Å². The van der Waals surface area contributed by atoms with Crippen molar-refractivity contribution in [1.29, 1.82) is 0 Å². The van der Waals surface area contributed by atoms with Crippen molar-refractivity contribution in [3.8, 4) is 44.5 Å². The Morgan fingerprint density at radius 3 is 1.72 bits per heavy atom. The molecule has 2 heteroatoms. The predicted octanol–water partition coefficient (Wildman–Crippen LogP) is 16.6. The van der Waals surface area contributed by atoms with Crippen LogP contribution in [0.1, 0.15) is 49.9 Å². The van der Waals surface area contributed by atoms with Crippen molar-refractivity contribution in [2.24, 2.45) is 0 Å². The molecule has 0 N–H and O–H groups in total. The Kier molecular flexibility index (Phi) is 7.56. The lowest BCUT2D eigenvalue weighted by molar-refractivity contribution is 0.660. The Hall–Kier alpha value is -6.74. The second-order valence-corrected chi connectivity index (χ2v) is 18.7. The van der Waals surface area contributed by atoms with Gasteiger partial charge in [-0.1, -0.05) is 185 Å². The fraction of sp³-hybridized carbons (Fsp3) is 0.103. The second kappa shape index (κ2) is 12.9. The van der Waals surface area contributed by atoms with E-state index < -0.39 is 0 Å². The van der Waals surface area contributed by atoms with Gasteiger partial charge in [0.2, 0.25) is 0 Å². The molecule has 12 rings (SSSR count). The quantitative estimate of drug-likeness (QED) is 0.168. The van der Waals surface area contributed by atoms with Crippen LogP contribution in [0, 0.1) is 0 Å². The van der Waals surface area contributed by atoms with Gasteiger partial charge in [-0.05, 0) is 102 Å². The lowest BCUT2D eigenvalue weighted by Gasteiger charge is -2.31. The van der Waals surface area contributed by atoms with Crippen molar-refractivity contribution in [3.05, 3.63) is 210 Å². The van der Waals surface area contributed by atoms with Gasteiger partial charge in [-0.2, -0.15) is 0 Å². The average Bonchev–Trinajstić information content (AvgIpc) is 3.87. The van der Waals surface area contributed by atoms with Gasteiger partial charge in [-0.15, -0.1) is 11.3 Å². The molecule has 2 aliphatic carbocycles. The number of hydrogen-bond donors (Lipinski definition) is 0. The zero-order valence-electron chi connectivity index (χ0n) is 34.3. The summed E-state index contributed by atoms with van der Waals surface area (Å²) in [6, 6.07) is 70.4. The standard InChI is InChI=1S/C58H43NS/c1-57(2)50-24-10-7-17-42(50)44-34-32-39(35-52(44)57)59(53-26-12-9-19-45(53)47-22-14-21-46-43-18-8-11-25-51(43)58(3,4)54(46)47)38-30-27-37(28-31-38)41-20-13-23-48-49-33-29-36-15-5-6-16-40(36)56(49)60-55(41)48/h5-35H,1-4H3. The maximum Gasteiger partial charge on any atom is 0.0540 e. The number of thiophene rings is 1. The molecule has 0 saturated carbocycles. The molecule has 1 heterocycles. The maximum absolute atomic E-state index is 2.50. The fourth-order valence-corrected chi connectivity index (χ4v) is 12.1. The van der Waals surface area contributed by atoms with Crippen molar-refractivity contribution < 1.29 is 0 Å². The van der Waals surface area contributed by atoms with Gasteiger partial charge in [0.05, 0.1) is 5.69 Å². The molecule has 0 unspecified atom stereocenters. The molecule has 0 fully saturated rings. The number of nitrogens with zero attached hydrogens (tertiary/aromatic N) is 1. The fourth-order valence-electron chi connectivity index (χ4n) is 10.8. The topological polar surface area (TPSA) is 3.24 Å². The van der Waals surface area contributed by atoms with Gasteiger partial charge in [-0.3, -0.25) is 0 Å². The van der Waals surface area contributed by atoms with Crippen molar-refractivity contribution in [1.82, 2.24) is 0 Å². The first kappa shape index (κ1) is 35.2. The molecule has 286 valence electrons. The van der Waals surface area contributed by atoms with Crippen LogP contribution < -0.4 is 4.90 Å². The molecule has 0 radical (unpaired) electrons. The molecule has 2 aliphatic rings. The van der Waals surface area contributed by atoms with Crippen LogP contribution in [0.3, 0.4) is 0 Å². The van der Waals surface area contributed by atoms with Crippen molar-refractivity contribution in [3.63, 3.8) is 0 Å². The molecule has 0 amide bonds. The summed E-state index contributed by atoms with van der Waals surface area (Å²) in [5, 5.41) is 5.26. The van der Waals surface area contributed by atoms with Gasteiger partial charge in [-0.25, -0.2) is 0 Å². The summed E-state index contributed by atoms with van der Waals surface area (Å²) in [7, 11) is 0. The van der Waals surface area contributed by atoms with Gasteiger partial charge >= 0.3 is 0 Å². The van der Waals surface area contributed by atoms with Gasteiger partial charge < -0.3 is 4.90 Å². The largest absolute Gasteiger partial charge is 0.310 e. The van der Waals surface area contributed by atoms with E-state index in [1.54, 1.807) is 0 Å². The highest BCUT2D eigenvalue weighted by Gasteiger charge is 2.39. The molecular weight excluding hydrogens is 743 g/mol. The lowest BCUT2D eigenvalue weighted by atomic mass is 9.78. The zero-order chi connectivity index (χ0) is 40.3. The summed E-state index contributed by atoms with van der Waals surface area (Å²) in [4.78, 5) is 2.50. The van der Waals surface area contributed by atoms with Crippen LogP contribution in [-0.2, 0) is 10.8 Å². The summed E-state index contributed by atoms with van der Waals surface area (Å²) >= 11 is 1.92. The minimum atomic E-state index is -0.147. The highest BCUT2D eigenvalue weighted by Crippen LogP contribution is 2.55. The van der Waals surface area contributed by atoms with Gasteiger partial charge in [0.15, 0.2) is 0 Å². The molecule has 1 aromatic heterocycles. The third-order valence-electron chi connectivity index (χ3n) is 13.7. The third kappa shape index (κ3) is 4.98. The van der Waals surface area contributed by atoms with Crippen molar-refractivity contribution in [2.75, 3.05) is 4.90 Å². The van der Waals surface area contributed by atoms with Crippen LogP contribution in [0.25, 0.3) is 75.5 Å². The van der Waals surface area contributed by atoms with Crippen LogP contribution in [0.2, 0.25) is 0 Å². The van der Waals surface area contributed by atoms with E-state index in [0.29, 0.717) is 0 Å². The van der Waals surface area contributed by atoms with E-state index in [2.05, 4.69) is 221 Å². The Bertz CT molecular complexity index is 3380. The van der Waals surface area contributed by atoms with Crippen molar-refractivity contribution >= 4 is 59.3 Å². The molecule has 10 aromatic rings. The van der Waals surface area contributed by atoms with Gasteiger partial charge in [0.1, 0.15) is 0 Å². The Balaban J connectivity index is 1.05. The van der Waals surface area contributed by atoms with Crippen LogP contribution in [0.5, 0.6) is 0 Å². The van der Waals surface area contributed by atoms with E-state index in [9.17, 15) is 0 Å². The molecule has 0 bridgehead atoms. The number of rotatable bonds is 5. The highest BCUT2D eigenvalue weighted by molar-refractivity contribution is 7.27. The van der Waals surface area contributed by atoms with E-state index in [4.69, 9.17) is 0 Å². The molecule has 1 nitrogen and oxygen atoms in total. The molecule has 0 atom stereocenters. The third-order valence-corrected chi connectivity index (χ3v) is 15.0. The number of anilines is 3. The SMILES string of the molecule is CC1(C)c2ccccc2-c2ccc(N(c3ccc(-c4cccc5c4sc4c6ccccc6ccc54)cc3)c3ccccc3-c3cccc4c3C(C)(C)c3ccccc3-4)cc21. The minimum absolute atomic E-state index is 0.124. The Morgan fingerprint density at radius 1 is 0.367 bits per heavy atom. The number of para-hydroxylation sites is 1. The Labute approximate surface area is 355 Å². The van der Waals surface area contributed by atoms with Crippen LogP contribution >= 0.6 is 11.3 Å².